The lowest BCUT2D eigenvalue weighted by atomic mass is 10.1. The SMILES string of the molecule is CC(=O)c1cccc(NC(=O)N2CCN(C)CC2)c1. The van der Waals surface area contributed by atoms with Crippen LogP contribution in [0.4, 0.5) is 10.5 Å². The van der Waals surface area contributed by atoms with E-state index in [2.05, 4.69) is 10.2 Å². The third kappa shape index (κ3) is 3.54. The van der Waals surface area contributed by atoms with Crippen LogP contribution in [0.15, 0.2) is 24.3 Å². The first-order valence-electron chi connectivity index (χ1n) is 6.42. The number of amides is 2. The molecule has 0 bridgehead atoms. The number of carbonyl (C=O) groups is 2. The van der Waals surface area contributed by atoms with Gasteiger partial charge in [0.1, 0.15) is 0 Å². The fourth-order valence-electron chi connectivity index (χ4n) is 2.03. The molecule has 0 spiro atoms. The van der Waals surface area contributed by atoms with Crippen molar-refractivity contribution >= 4 is 17.5 Å². The fourth-order valence-corrected chi connectivity index (χ4v) is 2.03. The van der Waals surface area contributed by atoms with E-state index < -0.39 is 0 Å². The zero-order valence-electron chi connectivity index (χ0n) is 11.3. The van der Waals surface area contributed by atoms with Crippen molar-refractivity contribution in [1.82, 2.24) is 9.80 Å². The first kappa shape index (κ1) is 13.5. The molecule has 102 valence electrons. The summed E-state index contributed by atoms with van der Waals surface area (Å²) >= 11 is 0. The zero-order valence-corrected chi connectivity index (χ0v) is 11.3. The second kappa shape index (κ2) is 5.84. The third-order valence-corrected chi connectivity index (χ3v) is 3.31. The predicted octanol–water partition coefficient (Wildman–Crippen LogP) is 1.67. The van der Waals surface area contributed by atoms with Gasteiger partial charge in [0, 0.05) is 37.4 Å². The Bertz CT molecular complexity index is 479. The summed E-state index contributed by atoms with van der Waals surface area (Å²) in [4.78, 5) is 27.3. The van der Waals surface area contributed by atoms with Gasteiger partial charge in [0.25, 0.3) is 0 Å². The van der Waals surface area contributed by atoms with Crippen LogP contribution in [-0.4, -0.2) is 54.8 Å². The van der Waals surface area contributed by atoms with Crippen LogP contribution in [0.5, 0.6) is 0 Å². The number of piperazine rings is 1. The Balaban J connectivity index is 1.98. The molecule has 5 nitrogen and oxygen atoms in total. The molecule has 1 aromatic carbocycles. The molecule has 1 aromatic rings. The van der Waals surface area contributed by atoms with Crippen molar-refractivity contribution in [1.29, 1.82) is 0 Å². The average Bonchev–Trinajstić information content (AvgIpc) is 2.39. The number of hydrogen-bond donors (Lipinski definition) is 1. The van der Waals surface area contributed by atoms with Crippen LogP contribution in [0.25, 0.3) is 0 Å². The Morgan fingerprint density at radius 3 is 2.47 bits per heavy atom. The van der Waals surface area contributed by atoms with E-state index in [1.807, 2.05) is 7.05 Å². The Hall–Kier alpha value is -1.88. The fraction of sp³-hybridized carbons (Fsp3) is 0.429. The summed E-state index contributed by atoms with van der Waals surface area (Å²) in [6.45, 7) is 4.76. The molecule has 1 fully saturated rings. The summed E-state index contributed by atoms with van der Waals surface area (Å²) in [5, 5.41) is 2.84. The highest BCUT2D eigenvalue weighted by molar-refractivity contribution is 5.96. The van der Waals surface area contributed by atoms with Crippen molar-refractivity contribution in [3.63, 3.8) is 0 Å². The maximum Gasteiger partial charge on any atom is 0.321 e. The van der Waals surface area contributed by atoms with Gasteiger partial charge in [0.15, 0.2) is 5.78 Å². The van der Waals surface area contributed by atoms with Crippen LogP contribution in [0, 0.1) is 0 Å². The van der Waals surface area contributed by atoms with Crippen LogP contribution in [0.3, 0.4) is 0 Å². The predicted molar refractivity (Wildman–Crippen MR) is 74.5 cm³/mol. The molecule has 2 rings (SSSR count). The normalized spacial score (nSPS) is 16.2. The number of anilines is 1. The minimum Gasteiger partial charge on any atom is -0.322 e. The zero-order chi connectivity index (χ0) is 13.8. The van der Waals surface area contributed by atoms with E-state index in [4.69, 9.17) is 0 Å². The molecule has 0 saturated carbocycles. The van der Waals surface area contributed by atoms with Crippen LogP contribution < -0.4 is 5.32 Å². The van der Waals surface area contributed by atoms with E-state index in [0.717, 1.165) is 26.2 Å². The van der Waals surface area contributed by atoms with Crippen molar-refractivity contribution in [2.24, 2.45) is 0 Å². The van der Waals surface area contributed by atoms with E-state index in [1.165, 1.54) is 6.92 Å². The molecule has 0 aromatic heterocycles. The number of nitrogens with zero attached hydrogens (tertiary/aromatic N) is 2. The number of likely N-dealkylation sites (N-methyl/N-ethyl adjacent to an activating group) is 1. The molecular weight excluding hydrogens is 242 g/mol. The molecule has 0 aliphatic carbocycles. The van der Waals surface area contributed by atoms with E-state index in [1.54, 1.807) is 29.2 Å². The molecule has 1 aliphatic heterocycles. The smallest absolute Gasteiger partial charge is 0.321 e. The van der Waals surface area contributed by atoms with Gasteiger partial charge in [-0.15, -0.1) is 0 Å². The van der Waals surface area contributed by atoms with Gasteiger partial charge >= 0.3 is 6.03 Å². The van der Waals surface area contributed by atoms with Gasteiger partial charge in [0.05, 0.1) is 0 Å². The standard InChI is InChI=1S/C14H19N3O2/c1-11(18)12-4-3-5-13(10-12)15-14(19)17-8-6-16(2)7-9-17/h3-5,10H,6-9H2,1-2H3,(H,15,19). The van der Waals surface area contributed by atoms with Crippen molar-refractivity contribution < 1.29 is 9.59 Å². The lowest BCUT2D eigenvalue weighted by Crippen LogP contribution is -2.48. The molecule has 0 radical (unpaired) electrons. The molecular formula is C14H19N3O2. The van der Waals surface area contributed by atoms with Gasteiger partial charge in [-0.25, -0.2) is 4.79 Å². The number of ketones is 1. The quantitative estimate of drug-likeness (QED) is 0.824. The lowest BCUT2D eigenvalue weighted by molar-refractivity contribution is 0.101. The first-order chi connectivity index (χ1) is 9.06. The highest BCUT2D eigenvalue weighted by Gasteiger charge is 2.18. The largest absolute Gasteiger partial charge is 0.322 e. The number of hydrogen-bond acceptors (Lipinski definition) is 3. The molecule has 0 atom stereocenters. The summed E-state index contributed by atoms with van der Waals surface area (Å²) in [5.74, 6) is -0.00398. The highest BCUT2D eigenvalue weighted by atomic mass is 16.2. The monoisotopic (exact) mass is 261 g/mol. The number of Topliss-reactive ketones (excluding diaryl/α,β-unsaturated/α-hetero) is 1. The summed E-state index contributed by atoms with van der Waals surface area (Å²) in [6, 6.07) is 6.91. The second-order valence-corrected chi connectivity index (χ2v) is 4.86. The topological polar surface area (TPSA) is 52.7 Å². The summed E-state index contributed by atoms with van der Waals surface area (Å²) < 4.78 is 0. The van der Waals surface area contributed by atoms with Crippen LogP contribution in [-0.2, 0) is 0 Å². The molecule has 5 heteroatoms. The molecule has 1 aliphatic rings. The van der Waals surface area contributed by atoms with Gasteiger partial charge in [-0.3, -0.25) is 4.79 Å². The van der Waals surface area contributed by atoms with Crippen LogP contribution in [0.1, 0.15) is 17.3 Å². The minimum atomic E-state index is -0.103. The minimum absolute atomic E-state index is 0.00398. The summed E-state index contributed by atoms with van der Waals surface area (Å²) in [7, 11) is 2.05. The van der Waals surface area contributed by atoms with Crippen LogP contribution in [0.2, 0.25) is 0 Å². The van der Waals surface area contributed by atoms with Gasteiger partial charge < -0.3 is 15.1 Å². The summed E-state index contributed by atoms with van der Waals surface area (Å²) in [5.41, 5.74) is 1.27. The van der Waals surface area contributed by atoms with Gasteiger partial charge in [-0.2, -0.15) is 0 Å². The van der Waals surface area contributed by atoms with Gasteiger partial charge in [0.2, 0.25) is 0 Å². The Kier molecular flexibility index (Phi) is 4.16. The first-order valence-corrected chi connectivity index (χ1v) is 6.42. The Morgan fingerprint density at radius 2 is 1.84 bits per heavy atom. The third-order valence-electron chi connectivity index (χ3n) is 3.31. The van der Waals surface area contributed by atoms with Crippen molar-refractivity contribution in [3.05, 3.63) is 29.8 Å². The summed E-state index contributed by atoms with van der Waals surface area (Å²) in [6.07, 6.45) is 0. The van der Waals surface area contributed by atoms with Gasteiger partial charge in [-0.1, -0.05) is 12.1 Å². The molecule has 2 amide bonds. The van der Waals surface area contributed by atoms with Crippen molar-refractivity contribution in [2.75, 3.05) is 38.5 Å². The number of urea groups is 1. The lowest BCUT2D eigenvalue weighted by Gasteiger charge is -2.32. The van der Waals surface area contributed by atoms with E-state index in [9.17, 15) is 9.59 Å². The van der Waals surface area contributed by atoms with E-state index in [0.29, 0.717) is 11.3 Å². The van der Waals surface area contributed by atoms with E-state index in [-0.39, 0.29) is 11.8 Å². The van der Waals surface area contributed by atoms with E-state index >= 15 is 0 Å². The number of nitrogens with one attached hydrogen (secondary N) is 1. The molecule has 0 unspecified atom stereocenters. The maximum absolute atomic E-state index is 12.1. The second-order valence-electron chi connectivity index (χ2n) is 4.86. The van der Waals surface area contributed by atoms with Crippen molar-refractivity contribution in [3.8, 4) is 0 Å². The average molecular weight is 261 g/mol. The number of rotatable bonds is 2. The maximum atomic E-state index is 12.1. The van der Waals surface area contributed by atoms with Crippen molar-refractivity contribution in [2.45, 2.75) is 6.92 Å². The molecule has 1 saturated heterocycles. The van der Waals surface area contributed by atoms with Gasteiger partial charge in [-0.05, 0) is 26.1 Å². The highest BCUT2D eigenvalue weighted by Crippen LogP contribution is 2.12. The Morgan fingerprint density at radius 1 is 1.16 bits per heavy atom. The van der Waals surface area contributed by atoms with Crippen LogP contribution >= 0.6 is 0 Å². The Labute approximate surface area is 113 Å². The molecule has 1 heterocycles. The molecule has 19 heavy (non-hydrogen) atoms. The number of benzene rings is 1. The molecule has 1 N–H and O–H groups in total. The number of carbonyl (C=O) groups excluding carboxylic acids is 2.